The van der Waals surface area contributed by atoms with E-state index in [9.17, 15) is 0 Å². The van der Waals surface area contributed by atoms with Crippen LogP contribution in [-0.2, 0) is 0 Å². The number of hydrogen-bond acceptors (Lipinski definition) is 3. The molecule has 0 amide bonds. The Morgan fingerprint density at radius 1 is 0.362 bits per heavy atom. The highest BCUT2D eigenvalue weighted by Gasteiger charge is 2.17. The van der Waals surface area contributed by atoms with Crippen molar-refractivity contribution in [3.63, 3.8) is 0 Å². The topological polar surface area (TPSA) is 29.0 Å². The average Bonchev–Trinajstić information content (AvgIpc) is 3.15. The molecule has 0 aliphatic carbocycles. The van der Waals surface area contributed by atoms with Crippen LogP contribution in [0, 0.1) is 0 Å². The zero-order chi connectivity index (χ0) is 31.2. The first kappa shape index (κ1) is 27.0. The Labute approximate surface area is 273 Å². The van der Waals surface area contributed by atoms with Crippen molar-refractivity contribution in [1.29, 1.82) is 0 Å². The van der Waals surface area contributed by atoms with Crippen LogP contribution in [0.4, 0.5) is 17.1 Å². The first-order valence-corrected chi connectivity index (χ1v) is 15.9. The normalized spacial score (nSPS) is 11.4. The van der Waals surface area contributed by atoms with Crippen molar-refractivity contribution in [2.45, 2.75) is 0 Å². The Kier molecular flexibility index (Phi) is 6.46. The quantitative estimate of drug-likeness (QED) is 0.178. The zero-order valence-corrected chi connectivity index (χ0v) is 25.6. The lowest BCUT2D eigenvalue weighted by atomic mass is 9.91. The van der Waals surface area contributed by atoms with Crippen LogP contribution in [0.5, 0.6) is 0 Å². The smallest absolute Gasteiger partial charge is 0.160 e. The number of nitrogens with zero attached hydrogens (tertiary/aromatic N) is 3. The van der Waals surface area contributed by atoms with Gasteiger partial charge in [-0.05, 0) is 74.8 Å². The van der Waals surface area contributed by atoms with Crippen LogP contribution >= 0.6 is 0 Å². The van der Waals surface area contributed by atoms with Crippen molar-refractivity contribution >= 4 is 49.4 Å². The summed E-state index contributed by atoms with van der Waals surface area (Å²) >= 11 is 0. The minimum absolute atomic E-state index is 0.711. The maximum Gasteiger partial charge on any atom is 0.160 e. The highest BCUT2D eigenvalue weighted by molar-refractivity contribution is 6.25. The molecule has 3 heteroatoms. The number of benzene rings is 8. The van der Waals surface area contributed by atoms with Gasteiger partial charge < -0.3 is 4.90 Å². The number of anilines is 3. The number of rotatable bonds is 6. The first-order chi connectivity index (χ1) is 23.3. The molecule has 0 N–H and O–H groups in total. The summed E-state index contributed by atoms with van der Waals surface area (Å²) in [5, 5.41) is 7.54. The minimum Gasteiger partial charge on any atom is -0.311 e. The lowest BCUT2D eigenvalue weighted by Gasteiger charge is -2.25. The molecule has 9 rings (SSSR count). The third-order valence-corrected chi connectivity index (χ3v) is 9.01. The van der Waals surface area contributed by atoms with Gasteiger partial charge in [0.1, 0.15) is 0 Å². The van der Waals surface area contributed by atoms with Crippen LogP contribution in [0.2, 0.25) is 0 Å². The molecule has 9 aromatic rings. The summed E-state index contributed by atoms with van der Waals surface area (Å²) in [6.07, 6.45) is 0. The van der Waals surface area contributed by atoms with E-state index in [0.717, 1.165) is 45.1 Å². The SMILES string of the molecule is c1ccc(-c2nc(-c3ccc(N(c4ccccc4)c4ccccc4)cc3)cc(-c3ccc4ccc5cccc6ccc3c4c56)n2)cc1. The molecule has 47 heavy (non-hydrogen) atoms. The van der Waals surface area contributed by atoms with Gasteiger partial charge in [0.05, 0.1) is 11.4 Å². The molecule has 0 unspecified atom stereocenters. The minimum atomic E-state index is 0.711. The van der Waals surface area contributed by atoms with E-state index in [1.807, 2.05) is 30.3 Å². The second kappa shape index (κ2) is 11.2. The molecule has 0 fully saturated rings. The van der Waals surface area contributed by atoms with Gasteiger partial charge in [0, 0.05) is 33.8 Å². The first-order valence-electron chi connectivity index (χ1n) is 15.9. The number of hydrogen-bond donors (Lipinski definition) is 0. The Hall–Kier alpha value is -6.32. The van der Waals surface area contributed by atoms with Crippen LogP contribution in [-0.4, -0.2) is 9.97 Å². The average molecular weight is 600 g/mol. The van der Waals surface area contributed by atoms with Gasteiger partial charge in [0.2, 0.25) is 0 Å². The molecule has 0 saturated carbocycles. The molecular weight excluding hydrogens is 571 g/mol. The van der Waals surface area contributed by atoms with E-state index in [1.54, 1.807) is 0 Å². The summed E-state index contributed by atoms with van der Waals surface area (Å²) in [6, 6.07) is 61.9. The summed E-state index contributed by atoms with van der Waals surface area (Å²) in [7, 11) is 0. The van der Waals surface area contributed by atoms with E-state index in [2.05, 4.69) is 150 Å². The van der Waals surface area contributed by atoms with Crippen molar-refractivity contribution in [1.82, 2.24) is 9.97 Å². The second-order valence-electron chi connectivity index (χ2n) is 11.9. The fourth-order valence-electron chi connectivity index (χ4n) is 6.79. The van der Waals surface area contributed by atoms with E-state index >= 15 is 0 Å². The Bertz CT molecular complexity index is 2440. The molecule has 0 radical (unpaired) electrons. The molecule has 0 aliphatic rings. The summed E-state index contributed by atoms with van der Waals surface area (Å²) in [4.78, 5) is 12.6. The highest BCUT2D eigenvalue weighted by atomic mass is 15.1. The van der Waals surface area contributed by atoms with E-state index in [-0.39, 0.29) is 0 Å². The highest BCUT2D eigenvalue weighted by Crippen LogP contribution is 2.40. The lowest BCUT2D eigenvalue weighted by Crippen LogP contribution is -2.09. The van der Waals surface area contributed by atoms with E-state index in [1.165, 1.54) is 32.3 Å². The molecule has 1 aromatic heterocycles. The maximum atomic E-state index is 5.19. The standard InChI is InChI=1S/C44H29N3/c1-4-11-34(12-5-1)44-45-40(30-21-25-37(26-22-30)47(35-15-6-2-7-16-35)36-17-8-3-9-18-36)29-41(46-44)38-27-23-33-20-19-31-13-10-14-32-24-28-39(38)43(33)42(31)32/h1-29H. The van der Waals surface area contributed by atoms with Crippen molar-refractivity contribution in [3.8, 4) is 33.9 Å². The van der Waals surface area contributed by atoms with Gasteiger partial charge in [-0.25, -0.2) is 9.97 Å². The van der Waals surface area contributed by atoms with Crippen LogP contribution in [0.1, 0.15) is 0 Å². The van der Waals surface area contributed by atoms with Crippen LogP contribution in [0.15, 0.2) is 176 Å². The van der Waals surface area contributed by atoms with Crippen molar-refractivity contribution in [2.24, 2.45) is 0 Å². The van der Waals surface area contributed by atoms with Crippen LogP contribution in [0.25, 0.3) is 66.2 Å². The van der Waals surface area contributed by atoms with Gasteiger partial charge in [-0.1, -0.05) is 133 Å². The lowest BCUT2D eigenvalue weighted by molar-refractivity contribution is 1.18. The van der Waals surface area contributed by atoms with Gasteiger partial charge in [-0.2, -0.15) is 0 Å². The van der Waals surface area contributed by atoms with Gasteiger partial charge in [0.15, 0.2) is 5.82 Å². The summed E-state index contributed by atoms with van der Waals surface area (Å²) in [6.45, 7) is 0. The van der Waals surface area contributed by atoms with Gasteiger partial charge in [-0.3, -0.25) is 0 Å². The molecule has 220 valence electrons. The van der Waals surface area contributed by atoms with Gasteiger partial charge >= 0.3 is 0 Å². The summed E-state index contributed by atoms with van der Waals surface area (Å²) < 4.78 is 0. The predicted octanol–water partition coefficient (Wildman–Crippen LogP) is 11.8. The van der Waals surface area contributed by atoms with E-state index < -0.39 is 0 Å². The largest absolute Gasteiger partial charge is 0.311 e. The third kappa shape index (κ3) is 4.77. The third-order valence-electron chi connectivity index (χ3n) is 9.01. The van der Waals surface area contributed by atoms with Crippen LogP contribution in [0.3, 0.4) is 0 Å². The maximum absolute atomic E-state index is 5.19. The zero-order valence-electron chi connectivity index (χ0n) is 25.6. The predicted molar refractivity (Wildman–Crippen MR) is 197 cm³/mol. The number of aromatic nitrogens is 2. The number of para-hydroxylation sites is 2. The molecule has 1 heterocycles. The Morgan fingerprint density at radius 2 is 0.894 bits per heavy atom. The molecule has 0 spiro atoms. The molecule has 0 saturated heterocycles. The Balaban J connectivity index is 1.20. The Morgan fingerprint density at radius 3 is 1.55 bits per heavy atom. The molecule has 8 aromatic carbocycles. The summed E-state index contributed by atoms with van der Waals surface area (Å²) in [5.74, 6) is 0.711. The van der Waals surface area contributed by atoms with E-state index in [0.29, 0.717) is 5.82 Å². The summed E-state index contributed by atoms with van der Waals surface area (Å²) in [5.41, 5.74) is 8.22. The van der Waals surface area contributed by atoms with Crippen LogP contribution < -0.4 is 4.90 Å². The fraction of sp³-hybridized carbons (Fsp3) is 0. The van der Waals surface area contributed by atoms with Crippen molar-refractivity contribution in [3.05, 3.63) is 176 Å². The molecule has 3 nitrogen and oxygen atoms in total. The monoisotopic (exact) mass is 599 g/mol. The van der Waals surface area contributed by atoms with Crippen molar-refractivity contribution in [2.75, 3.05) is 4.90 Å². The van der Waals surface area contributed by atoms with Gasteiger partial charge in [0.25, 0.3) is 0 Å². The van der Waals surface area contributed by atoms with Gasteiger partial charge in [-0.15, -0.1) is 0 Å². The van der Waals surface area contributed by atoms with Crippen molar-refractivity contribution < 1.29 is 0 Å². The second-order valence-corrected chi connectivity index (χ2v) is 11.9. The fourth-order valence-corrected chi connectivity index (χ4v) is 6.79. The van der Waals surface area contributed by atoms with E-state index in [4.69, 9.17) is 9.97 Å². The molecule has 0 aliphatic heterocycles. The molecule has 0 atom stereocenters. The molecular formula is C44H29N3. The molecule has 0 bridgehead atoms.